The molecule has 5 heteroatoms. The number of ether oxygens (including phenoxy) is 2. The van der Waals surface area contributed by atoms with Gasteiger partial charge in [-0.05, 0) is 0 Å². The van der Waals surface area contributed by atoms with Gasteiger partial charge in [-0.3, -0.25) is 0 Å². The number of rotatable bonds is 5. The molecule has 2 aromatic rings. The van der Waals surface area contributed by atoms with E-state index < -0.39 is 0 Å². The molecule has 0 N–H and O–H groups in total. The van der Waals surface area contributed by atoms with Crippen LogP contribution in [-0.2, 0) is 9.47 Å². The van der Waals surface area contributed by atoms with Crippen LogP contribution in [0.15, 0.2) is 48.8 Å². The monoisotopic (exact) mass is 416 g/mol. The van der Waals surface area contributed by atoms with Gasteiger partial charge in [0.1, 0.15) is 0 Å². The zero-order valence-electron chi connectivity index (χ0n) is 15.0. The molecule has 0 spiro atoms. The number of pyridine rings is 1. The van der Waals surface area contributed by atoms with Gasteiger partial charge in [0.15, 0.2) is 0 Å². The molecule has 1 aromatic carbocycles. The number of aromatic nitrogens is 1. The van der Waals surface area contributed by atoms with Crippen LogP contribution in [0, 0.1) is 0 Å². The maximum atomic E-state index is 6.36. The number of hydrogen-bond donors (Lipinski definition) is 0. The Kier molecular flexibility index (Phi) is 4.59. The summed E-state index contributed by atoms with van der Waals surface area (Å²) in [5, 5.41) is 1.20. The summed E-state index contributed by atoms with van der Waals surface area (Å²) in [7, 11) is 0. The van der Waals surface area contributed by atoms with E-state index in [-0.39, 0.29) is 12.3 Å². The molecule has 1 aromatic heterocycles. The molecule has 2 saturated heterocycles. The van der Waals surface area contributed by atoms with Crippen molar-refractivity contribution in [3.8, 4) is 0 Å². The fourth-order valence-corrected chi connectivity index (χ4v) is 6.96. The Morgan fingerprint density at radius 2 is 2.12 bits per heavy atom. The summed E-state index contributed by atoms with van der Waals surface area (Å²) in [6.45, 7) is 3.70. The second-order valence-electron chi connectivity index (χ2n) is 7.22. The quantitative estimate of drug-likeness (QED) is 0.703. The fraction of sp³-hybridized carbons (Fsp3) is 0.476. The Morgan fingerprint density at radius 1 is 1.23 bits per heavy atom. The first-order valence-electron chi connectivity index (χ1n) is 9.49. The summed E-state index contributed by atoms with van der Waals surface area (Å²) < 4.78 is 14.0. The minimum atomic E-state index is 0.164. The molecule has 2 bridgehead atoms. The average Bonchev–Trinajstić information content (AvgIpc) is 3.13. The Hall–Kier alpha value is -1.23. The number of fused-ring (bicyclic) bond motifs is 1. The molecule has 1 aliphatic carbocycles. The first kappa shape index (κ1) is 16.9. The van der Waals surface area contributed by atoms with Crippen molar-refractivity contribution in [1.29, 1.82) is 0 Å². The van der Waals surface area contributed by atoms with Crippen molar-refractivity contribution in [2.75, 3.05) is 13.2 Å². The van der Waals surface area contributed by atoms with Crippen molar-refractivity contribution in [2.24, 2.45) is 0 Å². The van der Waals surface area contributed by atoms with Crippen LogP contribution >= 0.6 is 0 Å². The van der Waals surface area contributed by atoms with Crippen molar-refractivity contribution in [1.82, 2.24) is 9.88 Å². The molecule has 6 rings (SSSR count). The van der Waals surface area contributed by atoms with E-state index in [2.05, 4.69) is 59.4 Å². The van der Waals surface area contributed by atoms with E-state index in [9.17, 15) is 0 Å². The van der Waals surface area contributed by atoms with Crippen molar-refractivity contribution >= 4 is 19.4 Å². The van der Waals surface area contributed by atoms with E-state index in [4.69, 9.17) is 9.47 Å². The second kappa shape index (κ2) is 7.06. The SMILES string of the molecule is CCO[C@H]1C[C@H]2c3cnccc3[C@@H]1[C@@H]1OC[C@@H](C[Se]c3ccccc3)N21. The zero-order valence-corrected chi connectivity index (χ0v) is 16.7. The molecule has 3 aliphatic heterocycles. The summed E-state index contributed by atoms with van der Waals surface area (Å²) >= 11 is 0.484. The topological polar surface area (TPSA) is 34.6 Å². The number of nitrogens with zero attached hydrogens (tertiary/aromatic N) is 2. The molecule has 0 radical (unpaired) electrons. The van der Waals surface area contributed by atoms with Crippen molar-refractivity contribution in [3.05, 3.63) is 59.9 Å². The first-order valence-corrected chi connectivity index (χ1v) is 11.6. The molecule has 0 amide bonds. The van der Waals surface area contributed by atoms with Crippen LogP contribution in [-0.4, -0.2) is 56.4 Å². The molecule has 4 aliphatic rings. The van der Waals surface area contributed by atoms with Crippen LogP contribution in [0.25, 0.3) is 0 Å². The summed E-state index contributed by atoms with van der Waals surface area (Å²) in [6, 6.07) is 13.9. The molecule has 0 saturated carbocycles. The van der Waals surface area contributed by atoms with Crippen LogP contribution in [0.4, 0.5) is 0 Å². The third-order valence-electron chi connectivity index (χ3n) is 5.87. The van der Waals surface area contributed by atoms with Gasteiger partial charge in [0.2, 0.25) is 0 Å². The van der Waals surface area contributed by atoms with E-state index in [0.717, 1.165) is 19.6 Å². The Bertz CT molecular complexity index is 772. The molecular formula is C21H24N2O2Se. The van der Waals surface area contributed by atoms with Gasteiger partial charge in [-0.2, -0.15) is 0 Å². The normalized spacial score (nSPS) is 32.4. The summed E-state index contributed by atoms with van der Waals surface area (Å²) in [6.07, 6.45) is 5.48. The predicted molar refractivity (Wildman–Crippen MR) is 102 cm³/mol. The van der Waals surface area contributed by atoms with Gasteiger partial charge in [-0.25, -0.2) is 0 Å². The van der Waals surface area contributed by atoms with Gasteiger partial charge in [-0.15, -0.1) is 0 Å². The molecule has 5 atom stereocenters. The van der Waals surface area contributed by atoms with E-state index in [1.54, 1.807) is 0 Å². The molecular weight excluding hydrogens is 391 g/mol. The molecule has 136 valence electrons. The second-order valence-corrected chi connectivity index (χ2v) is 9.52. The fourth-order valence-electron chi connectivity index (χ4n) is 4.85. The van der Waals surface area contributed by atoms with Gasteiger partial charge >= 0.3 is 161 Å². The van der Waals surface area contributed by atoms with Crippen LogP contribution in [0.2, 0.25) is 5.32 Å². The zero-order chi connectivity index (χ0) is 17.5. The third-order valence-corrected chi connectivity index (χ3v) is 8.30. The van der Waals surface area contributed by atoms with Gasteiger partial charge in [0.05, 0.1) is 0 Å². The molecule has 26 heavy (non-hydrogen) atoms. The molecule has 0 unspecified atom stereocenters. The van der Waals surface area contributed by atoms with E-state index in [1.807, 2.05) is 6.20 Å². The van der Waals surface area contributed by atoms with Gasteiger partial charge < -0.3 is 0 Å². The maximum absolute atomic E-state index is 6.36. The van der Waals surface area contributed by atoms with Crippen molar-refractivity contribution in [3.63, 3.8) is 0 Å². The number of benzene rings is 1. The minimum absolute atomic E-state index is 0.164. The Morgan fingerprint density at radius 3 is 2.96 bits per heavy atom. The summed E-state index contributed by atoms with van der Waals surface area (Å²) in [4.78, 5) is 7.06. The summed E-state index contributed by atoms with van der Waals surface area (Å²) in [5.74, 6) is 0.312. The van der Waals surface area contributed by atoms with Gasteiger partial charge in [0, 0.05) is 0 Å². The van der Waals surface area contributed by atoms with Crippen LogP contribution < -0.4 is 4.46 Å². The molecule has 4 heterocycles. The Labute approximate surface area is 161 Å². The van der Waals surface area contributed by atoms with Gasteiger partial charge in [0.25, 0.3) is 0 Å². The van der Waals surface area contributed by atoms with Crippen molar-refractivity contribution < 1.29 is 9.47 Å². The predicted octanol–water partition coefficient (Wildman–Crippen LogP) is 2.50. The number of piperidine rings is 1. The molecule has 2 fully saturated rings. The van der Waals surface area contributed by atoms with E-state index >= 15 is 0 Å². The third kappa shape index (κ3) is 2.74. The van der Waals surface area contributed by atoms with E-state index in [1.165, 1.54) is 20.9 Å². The van der Waals surface area contributed by atoms with Gasteiger partial charge in [-0.1, -0.05) is 0 Å². The van der Waals surface area contributed by atoms with Crippen LogP contribution in [0.3, 0.4) is 0 Å². The van der Waals surface area contributed by atoms with Crippen LogP contribution in [0.1, 0.15) is 36.4 Å². The van der Waals surface area contributed by atoms with Crippen LogP contribution in [0.5, 0.6) is 0 Å². The standard InChI is InChI=1S/C21H24N2O2Se/c1-2-24-19-10-18-17-11-22-9-8-16(17)20(19)21-23(18)14(12-25-21)13-26-15-6-4-3-5-7-15/h3-9,11,14,18-21H,2,10,12-13H2,1H3/t14-,18-,19-,20-,21-/m0/s1. The first-order chi connectivity index (χ1) is 12.9. The van der Waals surface area contributed by atoms with Crippen molar-refractivity contribution in [2.45, 2.75) is 49.0 Å². The average molecular weight is 415 g/mol. The van der Waals surface area contributed by atoms with E-state index in [0.29, 0.717) is 33.0 Å². The summed E-state index contributed by atoms with van der Waals surface area (Å²) in [5.41, 5.74) is 2.79. The molecule has 4 nitrogen and oxygen atoms in total. The number of hydrogen-bond acceptors (Lipinski definition) is 4. The Balaban J connectivity index is 1.41.